The monoisotopic (exact) mass is 428 g/mol. The van der Waals surface area contributed by atoms with E-state index in [1.54, 1.807) is 0 Å². The lowest BCUT2D eigenvalue weighted by Gasteiger charge is -2.40. The van der Waals surface area contributed by atoms with Gasteiger partial charge in [-0.1, -0.05) is 48.4 Å². The van der Waals surface area contributed by atoms with Crippen molar-refractivity contribution in [2.75, 3.05) is 39.5 Å². The van der Waals surface area contributed by atoms with E-state index in [2.05, 4.69) is 10.2 Å². The standard InChI is InChI=1S/C24H29ClN2O3/c25-21-7-3-6-20(17-21)24(9-4-10-24)23(28)26-18-19-5-1-2-8-22(19)30-16-13-27-11-14-29-15-12-27/h1-3,5-8,17H,4,9-16,18H2,(H,26,28). The molecule has 1 saturated heterocycles. The number of nitrogens with zero attached hydrogens (tertiary/aromatic N) is 1. The van der Waals surface area contributed by atoms with E-state index in [9.17, 15) is 4.79 Å². The minimum Gasteiger partial charge on any atom is -0.492 e. The topological polar surface area (TPSA) is 50.8 Å². The van der Waals surface area contributed by atoms with Crippen LogP contribution in [-0.4, -0.2) is 50.3 Å². The Labute approximate surface area is 183 Å². The molecule has 1 amide bonds. The van der Waals surface area contributed by atoms with Crippen LogP contribution < -0.4 is 10.1 Å². The van der Waals surface area contributed by atoms with Crippen molar-refractivity contribution < 1.29 is 14.3 Å². The average Bonchev–Trinajstić information content (AvgIpc) is 2.73. The summed E-state index contributed by atoms with van der Waals surface area (Å²) in [7, 11) is 0. The summed E-state index contributed by atoms with van der Waals surface area (Å²) in [6, 6.07) is 15.6. The third-order valence-corrected chi connectivity index (χ3v) is 6.43. The lowest BCUT2D eigenvalue weighted by Crippen LogP contribution is -2.49. The Kier molecular flexibility index (Phi) is 6.93. The highest BCUT2D eigenvalue weighted by Crippen LogP contribution is 2.44. The molecule has 1 saturated carbocycles. The summed E-state index contributed by atoms with van der Waals surface area (Å²) < 4.78 is 11.4. The van der Waals surface area contributed by atoms with Gasteiger partial charge in [-0.25, -0.2) is 0 Å². The number of benzene rings is 2. The molecule has 2 aromatic rings. The minimum absolute atomic E-state index is 0.0686. The first-order valence-electron chi connectivity index (χ1n) is 10.7. The summed E-state index contributed by atoms with van der Waals surface area (Å²) in [4.78, 5) is 15.5. The Morgan fingerprint density at radius 2 is 1.93 bits per heavy atom. The van der Waals surface area contributed by atoms with Gasteiger partial charge in [0.15, 0.2) is 0 Å². The zero-order chi connectivity index (χ0) is 20.8. The molecular formula is C24H29ClN2O3. The van der Waals surface area contributed by atoms with Crippen molar-refractivity contribution in [3.8, 4) is 5.75 Å². The van der Waals surface area contributed by atoms with Gasteiger partial charge in [0.1, 0.15) is 12.4 Å². The highest BCUT2D eigenvalue weighted by Gasteiger charge is 2.45. The number of hydrogen-bond acceptors (Lipinski definition) is 4. The molecule has 30 heavy (non-hydrogen) atoms. The molecule has 0 radical (unpaired) electrons. The van der Waals surface area contributed by atoms with Gasteiger partial charge in [-0.15, -0.1) is 0 Å². The molecule has 0 atom stereocenters. The normalized spacial score (nSPS) is 18.4. The first-order chi connectivity index (χ1) is 14.7. The predicted octanol–water partition coefficient (Wildman–Crippen LogP) is 3.79. The van der Waals surface area contributed by atoms with Crippen LogP contribution >= 0.6 is 11.6 Å². The Balaban J connectivity index is 1.35. The number of halogens is 1. The molecule has 160 valence electrons. The van der Waals surface area contributed by atoms with E-state index in [4.69, 9.17) is 21.1 Å². The van der Waals surface area contributed by atoms with Gasteiger partial charge in [-0.3, -0.25) is 9.69 Å². The molecule has 0 aromatic heterocycles. The Hall–Kier alpha value is -2.08. The van der Waals surface area contributed by atoms with Crippen LogP contribution in [0, 0.1) is 0 Å². The molecule has 1 N–H and O–H groups in total. The van der Waals surface area contributed by atoms with Crippen molar-refractivity contribution >= 4 is 17.5 Å². The molecule has 1 aliphatic heterocycles. The number of hydrogen-bond donors (Lipinski definition) is 1. The van der Waals surface area contributed by atoms with Crippen LogP contribution in [0.15, 0.2) is 48.5 Å². The third kappa shape index (κ3) is 4.80. The molecular weight excluding hydrogens is 400 g/mol. The van der Waals surface area contributed by atoms with Gasteiger partial charge < -0.3 is 14.8 Å². The van der Waals surface area contributed by atoms with Crippen LogP contribution in [0.1, 0.15) is 30.4 Å². The average molecular weight is 429 g/mol. The van der Waals surface area contributed by atoms with Crippen molar-refractivity contribution in [2.24, 2.45) is 0 Å². The molecule has 1 aliphatic carbocycles. The van der Waals surface area contributed by atoms with E-state index < -0.39 is 5.41 Å². The number of carbonyl (C=O) groups is 1. The van der Waals surface area contributed by atoms with E-state index >= 15 is 0 Å². The third-order valence-electron chi connectivity index (χ3n) is 6.20. The summed E-state index contributed by atoms with van der Waals surface area (Å²) >= 11 is 6.18. The minimum atomic E-state index is -0.461. The van der Waals surface area contributed by atoms with Crippen molar-refractivity contribution in [1.82, 2.24) is 10.2 Å². The van der Waals surface area contributed by atoms with Gasteiger partial charge in [-0.05, 0) is 36.6 Å². The number of ether oxygens (including phenoxy) is 2. The fourth-order valence-electron chi connectivity index (χ4n) is 4.21. The molecule has 5 nitrogen and oxygen atoms in total. The molecule has 2 aromatic carbocycles. The van der Waals surface area contributed by atoms with Gasteiger partial charge in [-0.2, -0.15) is 0 Å². The van der Waals surface area contributed by atoms with Gasteiger partial charge in [0.05, 0.1) is 18.6 Å². The van der Waals surface area contributed by atoms with Crippen LogP contribution in [0.3, 0.4) is 0 Å². The van der Waals surface area contributed by atoms with Crippen molar-refractivity contribution in [3.05, 3.63) is 64.7 Å². The molecule has 2 fully saturated rings. The first-order valence-corrected chi connectivity index (χ1v) is 11.1. The first kappa shape index (κ1) is 21.2. The summed E-state index contributed by atoms with van der Waals surface area (Å²) in [5.74, 6) is 0.899. The zero-order valence-corrected chi connectivity index (χ0v) is 18.0. The van der Waals surface area contributed by atoms with Crippen LogP contribution in [0.5, 0.6) is 5.75 Å². The number of carbonyl (C=O) groups excluding carboxylic acids is 1. The van der Waals surface area contributed by atoms with Crippen molar-refractivity contribution in [1.29, 1.82) is 0 Å². The number of rotatable bonds is 8. The smallest absolute Gasteiger partial charge is 0.230 e. The van der Waals surface area contributed by atoms with E-state index in [0.717, 1.165) is 69.0 Å². The van der Waals surface area contributed by atoms with Gasteiger partial charge in [0, 0.05) is 36.8 Å². The van der Waals surface area contributed by atoms with E-state index in [1.165, 1.54) is 0 Å². The van der Waals surface area contributed by atoms with Crippen LogP contribution in [0.4, 0.5) is 0 Å². The summed E-state index contributed by atoms with van der Waals surface area (Å²) in [6.45, 7) is 5.43. The second-order valence-corrected chi connectivity index (χ2v) is 8.48. The number of morpholine rings is 1. The number of nitrogens with one attached hydrogen (secondary N) is 1. The second-order valence-electron chi connectivity index (χ2n) is 8.04. The Morgan fingerprint density at radius 1 is 1.13 bits per heavy atom. The van der Waals surface area contributed by atoms with E-state index in [0.29, 0.717) is 18.2 Å². The van der Waals surface area contributed by atoms with Crippen LogP contribution in [-0.2, 0) is 21.5 Å². The predicted molar refractivity (Wildman–Crippen MR) is 118 cm³/mol. The van der Waals surface area contributed by atoms with Gasteiger partial charge in [0.2, 0.25) is 5.91 Å². The van der Waals surface area contributed by atoms with E-state index in [1.807, 2.05) is 48.5 Å². The Bertz CT molecular complexity index is 863. The maximum Gasteiger partial charge on any atom is 0.230 e. The molecule has 1 heterocycles. The van der Waals surface area contributed by atoms with Gasteiger partial charge in [0.25, 0.3) is 0 Å². The van der Waals surface area contributed by atoms with Crippen LogP contribution in [0.2, 0.25) is 5.02 Å². The van der Waals surface area contributed by atoms with Crippen molar-refractivity contribution in [2.45, 2.75) is 31.2 Å². The lowest BCUT2D eigenvalue weighted by molar-refractivity contribution is -0.130. The molecule has 4 rings (SSSR count). The maximum atomic E-state index is 13.2. The largest absolute Gasteiger partial charge is 0.492 e. The number of amides is 1. The molecule has 0 bridgehead atoms. The maximum absolute atomic E-state index is 13.2. The van der Waals surface area contributed by atoms with E-state index in [-0.39, 0.29) is 5.91 Å². The highest BCUT2D eigenvalue weighted by molar-refractivity contribution is 6.30. The fourth-order valence-corrected chi connectivity index (χ4v) is 4.40. The molecule has 0 spiro atoms. The van der Waals surface area contributed by atoms with Crippen molar-refractivity contribution in [3.63, 3.8) is 0 Å². The second kappa shape index (κ2) is 9.82. The van der Waals surface area contributed by atoms with Crippen LogP contribution in [0.25, 0.3) is 0 Å². The highest BCUT2D eigenvalue weighted by atomic mass is 35.5. The zero-order valence-electron chi connectivity index (χ0n) is 17.2. The molecule has 2 aliphatic rings. The van der Waals surface area contributed by atoms with Gasteiger partial charge >= 0.3 is 0 Å². The fraction of sp³-hybridized carbons (Fsp3) is 0.458. The number of para-hydroxylation sites is 1. The molecule has 6 heteroatoms. The summed E-state index contributed by atoms with van der Waals surface area (Å²) in [5, 5.41) is 3.82. The lowest BCUT2D eigenvalue weighted by atomic mass is 9.64. The quantitative estimate of drug-likeness (QED) is 0.695. The SMILES string of the molecule is O=C(NCc1ccccc1OCCN1CCOCC1)C1(c2cccc(Cl)c2)CCC1. The summed E-state index contributed by atoms with van der Waals surface area (Å²) in [6.07, 6.45) is 2.77. The summed E-state index contributed by atoms with van der Waals surface area (Å²) in [5.41, 5.74) is 1.54. The Morgan fingerprint density at radius 3 is 2.67 bits per heavy atom. The molecule has 0 unspecified atom stereocenters.